The maximum atomic E-state index is 11.2. The lowest BCUT2D eigenvalue weighted by Gasteiger charge is -2.29. The van der Waals surface area contributed by atoms with Crippen molar-refractivity contribution in [2.24, 2.45) is 0 Å². The maximum absolute atomic E-state index is 11.2. The lowest BCUT2D eigenvalue weighted by Crippen LogP contribution is -2.47. The summed E-state index contributed by atoms with van der Waals surface area (Å²) >= 11 is 0. The molecule has 8 nitrogen and oxygen atoms in total. The Labute approximate surface area is 112 Å². The van der Waals surface area contributed by atoms with Gasteiger partial charge in [-0.3, -0.25) is 13.9 Å². The van der Waals surface area contributed by atoms with Gasteiger partial charge in [-0.25, -0.2) is 0 Å². The van der Waals surface area contributed by atoms with Gasteiger partial charge in [0.25, 0.3) is 20.2 Å². The van der Waals surface area contributed by atoms with Crippen molar-refractivity contribution in [1.29, 1.82) is 0 Å². The fourth-order valence-corrected chi connectivity index (χ4v) is 2.72. The third kappa shape index (κ3) is 9.59. The lowest BCUT2D eigenvalue weighted by molar-refractivity contribution is -0.118. The Bertz CT molecular complexity index is 499. The summed E-state index contributed by atoms with van der Waals surface area (Å²) in [6.07, 6.45) is 0.529. The molecule has 0 aliphatic rings. The van der Waals surface area contributed by atoms with Crippen molar-refractivity contribution < 1.29 is 30.7 Å². The van der Waals surface area contributed by atoms with E-state index in [9.17, 15) is 21.6 Å². The van der Waals surface area contributed by atoms with E-state index in [1.54, 1.807) is 0 Å². The summed E-state index contributed by atoms with van der Waals surface area (Å²) in [5.41, 5.74) is -1.21. The summed E-state index contributed by atoms with van der Waals surface area (Å²) < 4.78 is 60.1. The summed E-state index contributed by atoms with van der Waals surface area (Å²) in [6.45, 7) is 4.62. The molecule has 0 aromatic rings. The van der Waals surface area contributed by atoms with Crippen LogP contribution in [0.25, 0.3) is 0 Å². The standard InChI is InChI=1S/C9H17NO7S2/c1-3-8(11)10-9(2,4-6-18(12,13)14)5-7-19(15,16)17/h3H,1,4-7H2,2H3,(H,10,11)(H,12,13,14)(H,15,16,17). The van der Waals surface area contributed by atoms with E-state index >= 15 is 0 Å². The second kappa shape index (κ2) is 6.46. The molecule has 0 saturated carbocycles. The fraction of sp³-hybridized carbons (Fsp3) is 0.667. The van der Waals surface area contributed by atoms with Crippen LogP contribution in [0, 0.1) is 0 Å². The van der Waals surface area contributed by atoms with Crippen LogP contribution in [0.2, 0.25) is 0 Å². The molecule has 19 heavy (non-hydrogen) atoms. The second-order valence-electron chi connectivity index (χ2n) is 4.33. The zero-order valence-corrected chi connectivity index (χ0v) is 12.0. The first kappa shape index (κ1) is 18.0. The van der Waals surface area contributed by atoms with Crippen LogP contribution in [-0.2, 0) is 25.0 Å². The van der Waals surface area contributed by atoms with Crippen molar-refractivity contribution >= 4 is 26.1 Å². The van der Waals surface area contributed by atoms with E-state index < -0.39 is 43.2 Å². The molecule has 0 spiro atoms. The van der Waals surface area contributed by atoms with Gasteiger partial charge in [0.05, 0.1) is 11.5 Å². The molecular formula is C9H17NO7S2. The number of nitrogens with one attached hydrogen (secondary N) is 1. The van der Waals surface area contributed by atoms with Gasteiger partial charge < -0.3 is 5.32 Å². The van der Waals surface area contributed by atoms with E-state index in [1.165, 1.54) is 6.92 Å². The Morgan fingerprint density at radius 1 is 1.16 bits per heavy atom. The summed E-state index contributed by atoms with van der Waals surface area (Å²) in [6, 6.07) is 0. The fourth-order valence-electron chi connectivity index (χ4n) is 1.31. The minimum Gasteiger partial charge on any atom is -0.347 e. The number of carbonyl (C=O) groups is 1. The Hall–Kier alpha value is -0.970. The van der Waals surface area contributed by atoms with Crippen LogP contribution < -0.4 is 5.32 Å². The van der Waals surface area contributed by atoms with Crippen LogP contribution >= 0.6 is 0 Å². The molecule has 0 unspecified atom stereocenters. The lowest BCUT2D eigenvalue weighted by atomic mass is 9.95. The minimum absolute atomic E-state index is 0.207. The second-order valence-corrected chi connectivity index (χ2v) is 7.47. The van der Waals surface area contributed by atoms with Gasteiger partial charge >= 0.3 is 0 Å². The van der Waals surface area contributed by atoms with Gasteiger partial charge in [0.2, 0.25) is 5.91 Å². The van der Waals surface area contributed by atoms with E-state index in [-0.39, 0.29) is 12.8 Å². The zero-order chi connectivity index (χ0) is 15.3. The molecule has 0 aromatic carbocycles. The SMILES string of the molecule is C=CC(=O)NC(C)(CCS(=O)(=O)O)CCS(=O)(=O)O. The van der Waals surface area contributed by atoms with Gasteiger partial charge in [0.15, 0.2) is 0 Å². The predicted molar refractivity (Wildman–Crippen MR) is 68.8 cm³/mol. The van der Waals surface area contributed by atoms with Gasteiger partial charge in [-0.05, 0) is 25.8 Å². The van der Waals surface area contributed by atoms with Gasteiger partial charge in [-0.2, -0.15) is 16.8 Å². The van der Waals surface area contributed by atoms with Gasteiger partial charge in [0.1, 0.15) is 0 Å². The van der Waals surface area contributed by atoms with E-state index in [1.807, 2.05) is 0 Å². The first-order valence-corrected chi connectivity index (χ1v) is 8.44. The molecule has 112 valence electrons. The third-order valence-corrected chi connectivity index (χ3v) is 3.87. The smallest absolute Gasteiger partial charge is 0.264 e. The molecule has 0 atom stereocenters. The van der Waals surface area contributed by atoms with Crippen LogP contribution in [0.4, 0.5) is 0 Å². The van der Waals surface area contributed by atoms with Gasteiger partial charge in [0, 0.05) is 5.54 Å². The molecule has 0 bridgehead atoms. The van der Waals surface area contributed by atoms with Crippen LogP contribution in [0.3, 0.4) is 0 Å². The highest BCUT2D eigenvalue weighted by molar-refractivity contribution is 7.86. The van der Waals surface area contributed by atoms with Crippen molar-refractivity contribution in [2.75, 3.05) is 11.5 Å². The van der Waals surface area contributed by atoms with Crippen LogP contribution in [0.15, 0.2) is 12.7 Å². The van der Waals surface area contributed by atoms with Crippen molar-refractivity contribution in [3.8, 4) is 0 Å². The third-order valence-electron chi connectivity index (χ3n) is 2.43. The number of hydrogen-bond acceptors (Lipinski definition) is 5. The van der Waals surface area contributed by atoms with Gasteiger partial charge in [-0.1, -0.05) is 6.58 Å². The number of amides is 1. The van der Waals surface area contributed by atoms with Crippen LogP contribution in [-0.4, -0.2) is 48.9 Å². The molecular weight excluding hydrogens is 298 g/mol. The van der Waals surface area contributed by atoms with E-state index in [0.717, 1.165) is 6.08 Å². The average molecular weight is 315 g/mol. The minimum atomic E-state index is -4.24. The largest absolute Gasteiger partial charge is 0.347 e. The molecule has 0 aromatic heterocycles. The quantitative estimate of drug-likeness (QED) is 0.409. The van der Waals surface area contributed by atoms with Crippen LogP contribution in [0.1, 0.15) is 19.8 Å². The molecule has 0 saturated heterocycles. The molecule has 0 aliphatic heterocycles. The summed E-state index contributed by atoms with van der Waals surface area (Å²) in [5, 5.41) is 2.38. The highest BCUT2D eigenvalue weighted by Gasteiger charge is 2.29. The van der Waals surface area contributed by atoms with Crippen molar-refractivity contribution in [3.05, 3.63) is 12.7 Å². The summed E-state index contributed by atoms with van der Waals surface area (Å²) in [5.74, 6) is -1.91. The highest BCUT2D eigenvalue weighted by atomic mass is 32.2. The normalized spacial score (nSPS) is 13.0. The topological polar surface area (TPSA) is 138 Å². The highest BCUT2D eigenvalue weighted by Crippen LogP contribution is 2.17. The average Bonchev–Trinajstić information content (AvgIpc) is 2.22. The Morgan fingerprint density at radius 3 is 1.79 bits per heavy atom. The molecule has 3 N–H and O–H groups in total. The van der Waals surface area contributed by atoms with Gasteiger partial charge in [-0.15, -0.1) is 0 Å². The molecule has 0 heterocycles. The molecule has 0 fully saturated rings. The van der Waals surface area contributed by atoms with Crippen molar-refractivity contribution in [3.63, 3.8) is 0 Å². The van der Waals surface area contributed by atoms with Crippen molar-refractivity contribution in [2.45, 2.75) is 25.3 Å². The molecule has 0 radical (unpaired) electrons. The summed E-state index contributed by atoms with van der Waals surface area (Å²) in [7, 11) is -8.49. The Balaban J connectivity index is 4.90. The van der Waals surface area contributed by atoms with Crippen molar-refractivity contribution in [1.82, 2.24) is 5.32 Å². The first-order chi connectivity index (χ1) is 8.37. The zero-order valence-electron chi connectivity index (χ0n) is 10.4. The van der Waals surface area contributed by atoms with E-state index in [4.69, 9.17) is 9.11 Å². The Morgan fingerprint density at radius 2 is 1.53 bits per heavy atom. The monoisotopic (exact) mass is 315 g/mol. The maximum Gasteiger partial charge on any atom is 0.264 e. The predicted octanol–water partition coefficient (Wildman–Crippen LogP) is -0.397. The first-order valence-electron chi connectivity index (χ1n) is 5.22. The molecule has 0 aliphatic carbocycles. The number of hydrogen-bond donors (Lipinski definition) is 3. The summed E-state index contributed by atoms with van der Waals surface area (Å²) in [4.78, 5) is 11.2. The number of rotatable bonds is 8. The van der Waals surface area contributed by atoms with Crippen LogP contribution in [0.5, 0.6) is 0 Å². The number of carbonyl (C=O) groups excluding carboxylic acids is 1. The van der Waals surface area contributed by atoms with E-state index in [2.05, 4.69) is 11.9 Å². The van der Waals surface area contributed by atoms with E-state index in [0.29, 0.717) is 0 Å². The molecule has 1 amide bonds. The Kier molecular flexibility index (Phi) is 6.13. The molecule has 0 rings (SSSR count). The molecule has 10 heteroatoms.